The number of nitrogens with one attached hydrogen (secondary N) is 1. The number of para-hydroxylation sites is 1. The van der Waals surface area contributed by atoms with Gasteiger partial charge in [-0.3, -0.25) is 0 Å². The third-order valence-electron chi connectivity index (χ3n) is 3.52. The molecule has 2 nitrogen and oxygen atoms in total. The molecule has 0 radical (unpaired) electrons. The number of benzene rings is 1. The second kappa shape index (κ2) is 5.81. The zero-order chi connectivity index (χ0) is 12.2. The first-order valence-corrected chi connectivity index (χ1v) is 7.76. The van der Waals surface area contributed by atoms with Gasteiger partial charge in [-0.05, 0) is 24.7 Å². The predicted octanol–water partition coefficient (Wildman–Crippen LogP) is 3.81. The van der Waals surface area contributed by atoms with Crippen molar-refractivity contribution in [3.05, 3.63) is 36.1 Å². The highest BCUT2D eigenvalue weighted by atomic mass is 32.2. The van der Waals surface area contributed by atoms with Crippen molar-refractivity contribution in [2.45, 2.75) is 31.1 Å². The molecule has 1 unspecified atom stereocenters. The Morgan fingerprint density at radius 1 is 1.28 bits per heavy atom. The fourth-order valence-electron chi connectivity index (χ4n) is 2.51. The molecule has 3 heteroatoms. The molecule has 0 aliphatic carbocycles. The molecular formula is C15H19NOS. The van der Waals surface area contributed by atoms with E-state index in [2.05, 4.69) is 29.2 Å². The van der Waals surface area contributed by atoms with Crippen LogP contribution in [0.15, 0.2) is 34.9 Å². The van der Waals surface area contributed by atoms with Crippen LogP contribution in [0.2, 0.25) is 0 Å². The van der Waals surface area contributed by atoms with E-state index in [0.29, 0.717) is 0 Å². The summed E-state index contributed by atoms with van der Waals surface area (Å²) < 4.78 is 5.55. The fraction of sp³-hybridized carbons (Fsp3) is 0.467. The summed E-state index contributed by atoms with van der Waals surface area (Å²) in [7, 11) is 0. The van der Waals surface area contributed by atoms with E-state index in [9.17, 15) is 0 Å². The van der Waals surface area contributed by atoms with Gasteiger partial charge in [0.15, 0.2) is 0 Å². The van der Waals surface area contributed by atoms with Crippen molar-refractivity contribution in [3.63, 3.8) is 0 Å². The van der Waals surface area contributed by atoms with Gasteiger partial charge in [-0.2, -0.15) is 11.8 Å². The van der Waals surface area contributed by atoms with Crippen molar-refractivity contribution in [2.24, 2.45) is 0 Å². The maximum atomic E-state index is 5.55. The molecule has 1 N–H and O–H groups in total. The smallest absolute Gasteiger partial charge is 0.134 e. The molecule has 1 aliphatic heterocycles. The first-order chi connectivity index (χ1) is 8.93. The molecule has 0 amide bonds. The summed E-state index contributed by atoms with van der Waals surface area (Å²) in [6, 6.07) is 8.24. The first-order valence-electron chi connectivity index (χ1n) is 6.71. The lowest BCUT2D eigenvalue weighted by molar-refractivity contribution is 0.583. The highest BCUT2D eigenvalue weighted by Crippen LogP contribution is 2.25. The van der Waals surface area contributed by atoms with Crippen LogP contribution in [0.4, 0.5) is 0 Å². The summed E-state index contributed by atoms with van der Waals surface area (Å²) >= 11 is 2.12. The minimum Gasteiger partial charge on any atom is -0.464 e. The van der Waals surface area contributed by atoms with Crippen LogP contribution in [0.3, 0.4) is 0 Å². The summed E-state index contributed by atoms with van der Waals surface area (Å²) in [5.74, 6) is 1.33. The van der Waals surface area contributed by atoms with Crippen LogP contribution < -0.4 is 5.32 Å². The molecule has 0 saturated carbocycles. The Hall–Kier alpha value is -0.930. The highest BCUT2D eigenvalue weighted by Gasteiger charge is 2.13. The summed E-state index contributed by atoms with van der Waals surface area (Å²) in [4.78, 5) is 0. The predicted molar refractivity (Wildman–Crippen MR) is 78.0 cm³/mol. The maximum Gasteiger partial charge on any atom is 0.134 e. The summed E-state index contributed by atoms with van der Waals surface area (Å²) in [5, 5.41) is 5.61. The SMILES string of the molecule is c1ccc2c(CNCC3CCCCS3)coc2c1. The third kappa shape index (κ3) is 2.73. The molecule has 18 heavy (non-hydrogen) atoms. The van der Waals surface area contributed by atoms with Crippen LogP contribution in [-0.4, -0.2) is 17.5 Å². The van der Waals surface area contributed by atoms with Gasteiger partial charge in [-0.25, -0.2) is 0 Å². The summed E-state index contributed by atoms with van der Waals surface area (Å²) in [6.45, 7) is 2.03. The van der Waals surface area contributed by atoms with E-state index in [-0.39, 0.29) is 0 Å². The normalized spacial score (nSPS) is 20.3. The Morgan fingerprint density at radius 2 is 2.22 bits per heavy atom. The minimum atomic E-state index is 0.803. The number of fused-ring (bicyclic) bond motifs is 1. The molecule has 1 aromatic carbocycles. The standard InChI is InChI=1S/C15H19NOS/c1-2-7-15-14(6-1)12(11-17-15)9-16-10-13-5-3-4-8-18-13/h1-2,6-7,11,13,16H,3-5,8-10H2. The number of furan rings is 1. The third-order valence-corrected chi connectivity index (χ3v) is 4.92. The van der Waals surface area contributed by atoms with Crippen LogP contribution in [-0.2, 0) is 6.54 Å². The number of rotatable bonds is 4. The average Bonchev–Trinajstić information content (AvgIpc) is 2.84. The zero-order valence-corrected chi connectivity index (χ0v) is 11.3. The zero-order valence-electron chi connectivity index (χ0n) is 10.5. The quantitative estimate of drug-likeness (QED) is 0.906. The van der Waals surface area contributed by atoms with Gasteiger partial charge in [0.25, 0.3) is 0 Å². The molecule has 1 atom stereocenters. The topological polar surface area (TPSA) is 25.2 Å². The van der Waals surface area contributed by atoms with Gasteiger partial charge in [0.05, 0.1) is 6.26 Å². The van der Waals surface area contributed by atoms with E-state index < -0.39 is 0 Å². The lowest BCUT2D eigenvalue weighted by Gasteiger charge is -2.21. The van der Waals surface area contributed by atoms with E-state index in [1.54, 1.807) is 0 Å². The molecule has 1 aliphatic rings. The first kappa shape index (κ1) is 12.1. The van der Waals surface area contributed by atoms with Crippen molar-refractivity contribution in [2.75, 3.05) is 12.3 Å². The van der Waals surface area contributed by atoms with Crippen molar-refractivity contribution < 1.29 is 4.42 Å². The molecule has 2 heterocycles. The molecule has 1 aromatic heterocycles. The van der Waals surface area contributed by atoms with Gasteiger partial charge in [0, 0.05) is 29.3 Å². The van der Waals surface area contributed by atoms with Gasteiger partial charge in [-0.1, -0.05) is 24.6 Å². The van der Waals surface area contributed by atoms with Crippen LogP contribution in [0, 0.1) is 0 Å². The van der Waals surface area contributed by atoms with E-state index in [1.807, 2.05) is 18.4 Å². The monoisotopic (exact) mass is 261 g/mol. The number of hydrogen-bond acceptors (Lipinski definition) is 3. The van der Waals surface area contributed by atoms with Crippen molar-refractivity contribution >= 4 is 22.7 Å². The summed E-state index contributed by atoms with van der Waals surface area (Å²) in [5.41, 5.74) is 2.26. The van der Waals surface area contributed by atoms with E-state index in [4.69, 9.17) is 4.42 Å². The van der Waals surface area contributed by atoms with Gasteiger partial charge >= 0.3 is 0 Å². The fourth-order valence-corrected chi connectivity index (χ4v) is 3.78. The van der Waals surface area contributed by atoms with Crippen LogP contribution in [0.1, 0.15) is 24.8 Å². The Labute approximate surface area is 112 Å². The average molecular weight is 261 g/mol. The van der Waals surface area contributed by atoms with Gasteiger partial charge in [-0.15, -0.1) is 0 Å². The minimum absolute atomic E-state index is 0.803. The maximum absolute atomic E-state index is 5.55. The van der Waals surface area contributed by atoms with E-state index in [0.717, 1.165) is 23.9 Å². The molecule has 0 bridgehead atoms. The van der Waals surface area contributed by atoms with Crippen LogP contribution >= 0.6 is 11.8 Å². The Balaban J connectivity index is 1.56. The van der Waals surface area contributed by atoms with Crippen molar-refractivity contribution in [1.82, 2.24) is 5.32 Å². The van der Waals surface area contributed by atoms with Gasteiger partial charge < -0.3 is 9.73 Å². The Kier molecular flexibility index (Phi) is 3.91. The highest BCUT2D eigenvalue weighted by molar-refractivity contribution is 7.99. The summed E-state index contributed by atoms with van der Waals surface area (Å²) in [6.07, 6.45) is 6.04. The van der Waals surface area contributed by atoms with E-state index >= 15 is 0 Å². The largest absolute Gasteiger partial charge is 0.464 e. The molecular weight excluding hydrogens is 242 g/mol. The van der Waals surface area contributed by atoms with Crippen LogP contribution in [0.5, 0.6) is 0 Å². The Morgan fingerprint density at radius 3 is 3.11 bits per heavy atom. The molecule has 1 fully saturated rings. The van der Waals surface area contributed by atoms with Crippen LogP contribution in [0.25, 0.3) is 11.0 Å². The molecule has 96 valence electrons. The molecule has 1 saturated heterocycles. The lowest BCUT2D eigenvalue weighted by Crippen LogP contribution is -2.26. The van der Waals surface area contributed by atoms with Crippen molar-refractivity contribution in [1.29, 1.82) is 0 Å². The van der Waals surface area contributed by atoms with Gasteiger partial charge in [0.1, 0.15) is 5.58 Å². The van der Waals surface area contributed by atoms with E-state index in [1.165, 1.54) is 36.0 Å². The number of hydrogen-bond donors (Lipinski definition) is 1. The Bertz CT molecular complexity index is 502. The molecule has 0 spiro atoms. The second-order valence-corrected chi connectivity index (χ2v) is 6.28. The molecule has 3 rings (SSSR count). The van der Waals surface area contributed by atoms with Crippen molar-refractivity contribution in [3.8, 4) is 0 Å². The lowest BCUT2D eigenvalue weighted by atomic mass is 10.1. The molecule has 2 aromatic rings. The number of thioether (sulfide) groups is 1. The second-order valence-electron chi connectivity index (χ2n) is 4.88. The van der Waals surface area contributed by atoms with Gasteiger partial charge in [0.2, 0.25) is 0 Å².